The van der Waals surface area contributed by atoms with Gasteiger partial charge in [0, 0.05) is 15.7 Å². The molecule has 8 heteroatoms. The number of carbonyl (C=O) groups excluding carboxylic acids is 1. The smallest absolute Gasteiger partial charge is 0.338 e. The standard InChI is InChI=1S/C24H25BrN4O3/c1-14(2)32-23(30)21-16(4)28-24-26-13-27-29(24)22(21)19-11-18(25)9-10-20(19)31-12-17-8-6-5-7-15(17)3/h5-11,13-14,22H,12H2,1-4H3,(H,26,27,28). The van der Waals surface area contributed by atoms with Crippen LogP contribution in [-0.4, -0.2) is 26.8 Å². The Hall–Kier alpha value is -3.13. The molecular weight excluding hydrogens is 472 g/mol. The molecular formula is C24H25BrN4O3. The number of benzene rings is 2. The molecule has 1 unspecified atom stereocenters. The highest BCUT2D eigenvalue weighted by molar-refractivity contribution is 9.10. The van der Waals surface area contributed by atoms with Crippen molar-refractivity contribution >= 4 is 27.8 Å². The van der Waals surface area contributed by atoms with Crippen molar-refractivity contribution in [3.05, 3.63) is 81.2 Å². The van der Waals surface area contributed by atoms with E-state index in [0.717, 1.165) is 21.2 Å². The minimum Gasteiger partial charge on any atom is -0.489 e. The van der Waals surface area contributed by atoms with E-state index >= 15 is 0 Å². The molecule has 1 atom stereocenters. The second-order valence-corrected chi connectivity index (χ2v) is 8.86. The van der Waals surface area contributed by atoms with Gasteiger partial charge in [-0.3, -0.25) is 0 Å². The average molecular weight is 497 g/mol. The second-order valence-electron chi connectivity index (χ2n) is 7.95. The van der Waals surface area contributed by atoms with E-state index in [4.69, 9.17) is 9.47 Å². The van der Waals surface area contributed by atoms with Crippen LogP contribution in [0.3, 0.4) is 0 Å². The summed E-state index contributed by atoms with van der Waals surface area (Å²) in [7, 11) is 0. The predicted octanol–water partition coefficient (Wildman–Crippen LogP) is 5.17. The second kappa shape index (κ2) is 9.16. The van der Waals surface area contributed by atoms with E-state index in [1.807, 2.05) is 57.2 Å². The number of rotatable bonds is 6. The van der Waals surface area contributed by atoms with Gasteiger partial charge in [-0.2, -0.15) is 10.1 Å². The number of fused-ring (bicyclic) bond motifs is 1. The third-order valence-electron chi connectivity index (χ3n) is 5.27. The Labute approximate surface area is 195 Å². The summed E-state index contributed by atoms with van der Waals surface area (Å²) in [6.07, 6.45) is 1.21. The van der Waals surface area contributed by atoms with Crippen LogP contribution in [0.2, 0.25) is 0 Å². The third-order valence-corrected chi connectivity index (χ3v) is 5.76. The Morgan fingerprint density at radius 3 is 2.75 bits per heavy atom. The van der Waals surface area contributed by atoms with Gasteiger partial charge in [-0.15, -0.1) is 0 Å². The molecule has 0 bridgehead atoms. The van der Waals surface area contributed by atoms with Crippen molar-refractivity contribution in [2.45, 2.75) is 46.4 Å². The Morgan fingerprint density at radius 1 is 1.22 bits per heavy atom. The van der Waals surface area contributed by atoms with Crippen molar-refractivity contribution in [1.29, 1.82) is 0 Å². The van der Waals surface area contributed by atoms with Crippen molar-refractivity contribution < 1.29 is 14.3 Å². The fourth-order valence-electron chi connectivity index (χ4n) is 3.71. The number of carbonyl (C=O) groups is 1. The van der Waals surface area contributed by atoms with Crippen LogP contribution in [0.1, 0.15) is 43.5 Å². The third kappa shape index (κ3) is 4.41. The summed E-state index contributed by atoms with van der Waals surface area (Å²) in [6.45, 7) is 7.96. The number of hydrogen-bond acceptors (Lipinski definition) is 6. The first kappa shape index (κ1) is 22.1. The van der Waals surface area contributed by atoms with Gasteiger partial charge in [0.25, 0.3) is 0 Å². The molecule has 0 radical (unpaired) electrons. The molecule has 0 saturated heterocycles. The molecule has 1 aliphatic heterocycles. The van der Waals surface area contributed by atoms with Gasteiger partial charge < -0.3 is 14.8 Å². The lowest BCUT2D eigenvalue weighted by Crippen LogP contribution is -2.31. The van der Waals surface area contributed by atoms with Crippen LogP contribution < -0.4 is 10.1 Å². The lowest BCUT2D eigenvalue weighted by molar-refractivity contribution is -0.143. The van der Waals surface area contributed by atoms with Gasteiger partial charge in [-0.05, 0) is 57.0 Å². The number of halogens is 1. The Kier molecular flexibility index (Phi) is 6.32. The van der Waals surface area contributed by atoms with E-state index in [9.17, 15) is 4.79 Å². The highest BCUT2D eigenvalue weighted by Gasteiger charge is 2.36. The fourth-order valence-corrected chi connectivity index (χ4v) is 4.09. The number of nitrogens with one attached hydrogen (secondary N) is 1. The van der Waals surface area contributed by atoms with E-state index in [1.165, 1.54) is 6.33 Å². The van der Waals surface area contributed by atoms with Crippen LogP contribution in [0.4, 0.5) is 5.95 Å². The summed E-state index contributed by atoms with van der Waals surface area (Å²) >= 11 is 3.56. The van der Waals surface area contributed by atoms with E-state index in [0.29, 0.717) is 29.6 Å². The summed E-state index contributed by atoms with van der Waals surface area (Å²) in [4.78, 5) is 17.4. The van der Waals surface area contributed by atoms with Crippen molar-refractivity contribution in [3.63, 3.8) is 0 Å². The molecule has 2 aromatic carbocycles. The number of allylic oxidation sites excluding steroid dienone is 1. The number of aromatic nitrogens is 3. The van der Waals surface area contributed by atoms with Crippen molar-refractivity contribution in [1.82, 2.24) is 14.8 Å². The Morgan fingerprint density at radius 2 is 2.00 bits per heavy atom. The van der Waals surface area contributed by atoms with Gasteiger partial charge in [-0.1, -0.05) is 40.2 Å². The van der Waals surface area contributed by atoms with Crippen LogP contribution in [0, 0.1) is 6.92 Å². The first-order valence-electron chi connectivity index (χ1n) is 10.4. The molecule has 1 aromatic heterocycles. The maximum Gasteiger partial charge on any atom is 0.338 e. The molecule has 0 aliphatic carbocycles. The zero-order chi connectivity index (χ0) is 22.8. The summed E-state index contributed by atoms with van der Waals surface area (Å²) in [5.74, 6) is 0.812. The lowest BCUT2D eigenvalue weighted by Gasteiger charge is -2.29. The summed E-state index contributed by atoms with van der Waals surface area (Å²) in [5.41, 5.74) is 4.18. The highest BCUT2D eigenvalue weighted by atomic mass is 79.9. The number of anilines is 1. The lowest BCUT2D eigenvalue weighted by atomic mass is 9.95. The van der Waals surface area contributed by atoms with Crippen molar-refractivity contribution in [2.75, 3.05) is 5.32 Å². The molecule has 32 heavy (non-hydrogen) atoms. The van der Waals surface area contributed by atoms with E-state index in [-0.39, 0.29) is 6.10 Å². The van der Waals surface area contributed by atoms with Crippen LogP contribution in [0.25, 0.3) is 0 Å². The first-order chi connectivity index (χ1) is 15.3. The molecule has 0 spiro atoms. The molecule has 1 aliphatic rings. The van der Waals surface area contributed by atoms with Crippen LogP contribution >= 0.6 is 15.9 Å². The fraction of sp³-hybridized carbons (Fsp3) is 0.292. The number of aryl methyl sites for hydroxylation is 1. The Bertz CT molecular complexity index is 1190. The molecule has 2 heterocycles. The molecule has 7 nitrogen and oxygen atoms in total. The maximum absolute atomic E-state index is 13.1. The predicted molar refractivity (Wildman–Crippen MR) is 125 cm³/mol. The summed E-state index contributed by atoms with van der Waals surface area (Å²) < 4.78 is 14.4. The first-order valence-corrected chi connectivity index (χ1v) is 11.2. The molecule has 0 amide bonds. The van der Waals surface area contributed by atoms with Gasteiger partial charge in [0.2, 0.25) is 5.95 Å². The largest absolute Gasteiger partial charge is 0.489 e. The molecule has 1 N–H and O–H groups in total. The van der Waals surface area contributed by atoms with E-state index in [2.05, 4.69) is 44.3 Å². The van der Waals surface area contributed by atoms with Crippen molar-refractivity contribution in [2.24, 2.45) is 0 Å². The zero-order valence-corrected chi connectivity index (χ0v) is 20.0. The maximum atomic E-state index is 13.1. The minimum absolute atomic E-state index is 0.250. The molecule has 3 aromatic rings. The van der Waals surface area contributed by atoms with Crippen LogP contribution in [-0.2, 0) is 16.1 Å². The highest BCUT2D eigenvalue weighted by Crippen LogP contribution is 2.40. The van der Waals surface area contributed by atoms with E-state index < -0.39 is 12.0 Å². The number of ether oxygens (including phenoxy) is 2. The quantitative estimate of drug-likeness (QED) is 0.474. The van der Waals surface area contributed by atoms with Crippen LogP contribution in [0.15, 0.2) is 64.5 Å². The van der Waals surface area contributed by atoms with Gasteiger partial charge >= 0.3 is 5.97 Å². The number of esters is 1. The topological polar surface area (TPSA) is 78.3 Å². The molecule has 4 rings (SSSR count). The minimum atomic E-state index is -0.552. The van der Waals surface area contributed by atoms with Gasteiger partial charge in [-0.25, -0.2) is 9.48 Å². The van der Waals surface area contributed by atoms with E-state index in [1.54, 1.807) is 4.68 Å². The zero-order valence-electron chi connectivity index (χ0n) is 18.4. The summed E-state index contributed by atoms with van der Waals surface area (Å²) in [5, 5.41) is 7.55. The SMILES string of the molecule is CC1=C(C(=O)OC(C)C)C(c2cc(Br)ccc2OCc2ccccc2C)n2ncnc2N1. The van der Waals surface area contributed by atoms with Gasteiger partial charge in [0.05, 0.1) is 11.7 Å². The van der Waals surface area contributed by atoms with Gasteiger partial charge in [0.15, 0.2) is 0 Å². The van der Waals surface area contributed by atoms with Crippen LogP contribution in [0.5, 0.6) is 5.75 Å². The Balaban J connectivity index is 1.78. The normalized spacial score (nSPS) is 15.4. The molecule has 0 saturated carbocycles. The molecule has 166 valence electrons. The summed E-state index contributed by atoms with van der Waals surface area (Å²) in [6, 6.07) is 13.3. The average Bonchev–Trinajstić information content (AvgIpc) is 3.20. The number of nitrogens with zero attached hydrogens (tertiary/aromatic N) is 3. The van der Waals surface area contributed by atoms with Gasteiger partial charge in [0.1, 0.15) is 24.7 Å². The number of hydrogen-bond donors (Lipinski definition) is 1. The monoisotopic (exact) mass is 496 g/mol. The molecule has 0 fully saturated rings. The van der Waals surface area contributed by atoms with Crippen molar-refractivity contribution in [3.8, 4) is 5.75 Å².